The van der Waals surface area contributed by atoms with Gasteiger partial charge in [0.2, 0.25) is 15.9 Å². The molecule has 1 atom stereocenters. The Bertz CT molecular complexity index is 703. The molecule has 0 heterocycles. The van der Waals surface area contributed by atoms with Crippen molar-refractivity contribution in [1.82, 2.24) is 10.0 Å². The zero-order valence-electron chi connectivity index (χ0n) is 11.7. The molecule has 0 saturated carbocycles. The normalized spacial score (nSPS) is 13.4. The molecule has 7 nitrogen and oxygen atoms in total. The minimum absolute atomic E-state index is 0.431. The Balaban J connectivity index is 2.81. The van der Waals surface area contributed by atoms with Crippen molar-refractivity contribution in [3.05, 3.63) is 29.8 Å². The van der Waals surface area contributed by atoms with Crippen LogP contribution in [0.2, 0.25) is 0 Å². The number of sulfonamides is 1. The highest BCUT2D eigenvalue weighted by Crippen LogP contribution is 2.30. The minimum atomic E-state index is -4.71. The highest BCUT2D eigenvalue weighted by molar-refractivity contribution is 7.89. The molecule has 1 aromatic carbocycles. The van der Waals surface area contributed by atoms with E-state index in [9.17, 15) is 31.2 Å². The highest BCUT2D eigenvalue weighted by atomic mass is 32.2. The molecule has 23 heavy (non-hydrogen) atoms. The van der Waals surface area contributed by atoms with Crippen LogP contribution in [0.3, 0.4) is 0 Å². The molecule has 0 aliphatic rings. The van der Waals surface area contributed by atoms with E-state index in [-0.39, 0.29) is 0 Å². The number of rotatable bonds is 6. The molecule has 1 rings (SSSR count). The van der Waals surface area contributed by atoms with Crippen molar-refractivity contribution in [2.45, 2.75) is 24.0 Å². The van der Waals surface area contributed by atoms with Gasteiger partial charge < -0.3 is 10.4 Å². The Morgan fingerprint density at radius 1 is 1.30 bits per heavy atom. The van der Waals surface area contributed by atoms with Crippen LogP contribution in [0.4, 0.5) is 13.2 Å². The molecule has 0 aromatic heterocycles. The van der Waals surface area contributed by atoms with E-state index < -0.39 is 51.1 Å². The van der Waals surface area contributed by atoms with Crippen LogP contribution >= 0.6 is 0 Å². The summed E-state index contributed by atoms with van der Waals surface area (Å²) in [4.78, 5) is 21.2. The number of carboxylic acid groups (broad SMARTS) is 1. The van der Waals surface area contributed by atoms with Crippen molar-refractivity contribution in [2.24, 2.45) is 0 Å². The maximum Gasteiger partial charge on any atom is 0.416 e. The van der Waals surface area contributed by atoms with Gasteiger partial charge in [-0.05, 0) is 25.1 Å². The lowest BCUT2D eigenvalue weighted by Gasteiger charge is -2.11. The van der Waals surface area contributed by atoms with E-state index in [0.29, 0.717) is 12.1 Å². The molecule has 1 amide bonds. The number of carbonyl (C=O) groups is 2. The fourth-order valence-electron chi connectivity index (χ4n) is 1.44. The lowest BCUT2D eigenvalue weighted by Crippen LogP contribution is -2.43. The summed E-state index contributed by atoms with van der Waals surface area (Å²) in [7, 11) is -4.35. The van der Waals surface area contributed by atoms with Crippen LogP contribution in [0.5, 0.6) is 0 Å². The third kappa shape index (κ3) is 5.53. The van der Waals surface area contributed by atoms with Gasteiger partial charge in [0.1, 0.15) is 6.04 Å². The van der Waals surface area contributed by atoms with Crippen molar-refractivity contribution in [2.75, 3.05) is 6.54 Å². The van der Waals surface area contributed by atoms with E-state index in [1.54, 1.807) is 4.72 Å². The van der Waals surface area contributed by atoms with Crippen molar-refractivity contribution in [1.29, 1.82) is 0 Å². The summed E-state index contributed by atoms with van der Waals surface area (Å²) >= 11 is 0. The summed E-state index contributed by atoms with van der Waals surface area (Å²) in [5, 5.41) is 10.6. The van der Waals surface area contributed by atoms with E-state index in [4.69, 9.17) is 5.11 Å². The molecular weight excluding hydrogens is 341 g/mol. The number of alkyl halides is 3. The van der Waals surface area contributed by atoms with Gasteiger partial charge in [-0.3, -0.25) is 9.59 Å². The van der Waals surface area contributed by atoms with Crippen molar-refractivity contribution in [3.8, 4) is 0 Å². The van der Waals surface area contributed by atoms with Gasteiger partial charge in [-0.25, -0.2) is 13.1 Å². The van der Waals surface area contributed by atoms with E-state index in [2.05, 4.69) is 0 Å². The Labute approximate surface area is 129 Å². The minimum Gasteiger partial charge on any atom is -0.480 e. The molecule has 3 N–H and O–H groups in total. The van der Waals surface area contributed by atoms with Gasteiger partial charge >= 0.3 is 12.1 Å². The van der Waals surface area contributed by atoms with Crippen molar-refractivity contribution in [3.63, 3.8) is 0 Å². The standard InChI is InChI=1S/C12H13F3N2O5S/c1-7(11(19)20)17-10(18)6-16-23(21,22)9-4-2-3-8(5-9)12(13,14)15/h2-5,7,16H,6H2,1H3,(H,17,18)(H,19,20)/t7-/m0/s1. The van der Waals surface area contributed by atoms with Crippen LogP contribution in [0.25, 0.3) is 0 Å². The van der Waals surface area contributed by atoms with E-state index in [0.717, 1.165) is 12.1 Å². The molecule has 0 aliphatic carbocycles. The number of halogens is 3. The monoisotopic (exact) mass is 354 g/mol. The van der Waals surface area contributed by atoms with Gasteiger partial charge in [-0.1, -0.05) is 6.07 Å². The second-order valence-corrected chi connectivity index (χ2v) is 6.24. The number of carboxylic acids is 1. The van der Waals surface area contributed by atoms with Crippen LogP contribution in [-0.2, 0) is 25.8 Å². The molecule has 0 aliphatic heterocycles. The lowest BCUT2D eigenvalue weighted by molar-refractivity contribution is -0.141. The number of hydrogen-bond acceptors (Lipinski definition) is 4. The topological polar surface area (TPSA) is 113 Å². The van der Waals surface area contributed by atoms with Crippen LogP contribution < -0.4 is 10.0 Å². The predicted octanol–water partition coefficient (Wildman–Crippen LogP) is 0.573. The third-order valence-electron chi connectivity index (χ3n) is 2.64. The van der Waals surface area contributed by atoms with E-state index >= 15 is 0 Å². The number of benzene rings is 1. The Hall–Kier alpha value is -2.14. The largest absolute Gasteiger partial charge is 0.480 e. The first kappa shape index (κ1) is 18.9. The number of hydrogen-bond donors (Lipinski definition) is 3. The molecular formula is C12H13F3N2O5S. The zero-order valence-corrected chi connectivity index (χ0v) is 12.5. The first-order chi connectivity index (χ1) is 10.4. The van der Waals surface area contributed by atoms with E-state index in [1.807, 2.05) is 5.32 Å². The Morgan fingerprint density at radius 2 is 1.91 bits per heavy atom. The molecule has 1 aromatic rings. The number of aliphatic carboxylic acids is 1. The quantitative estimate of drug-likeness (QED) is 0.691. The Kier molecular flexibility index (Phi) is 5.72. The molecule has 0 bridgehead atoms. The van der Waals surface area contributed by atoms with Gasteiger partial charge in [0.15, 0.2) is 0 Å². The highest BCUT2D eigenvalue weighted by Gasteiger charge is 2.31. The fraction of sp³-hybridized carbons (Fsp3) is 0.333. The molecule has 0 saturated heterocycles. The summed E-state index contributed by atoms with van der Waals surface area (Å²) < 4.78 is 63.2. The first-order valence-corrected chi connectivity index (χ1v) is 7.61. The third-order valence-corrected chi connectivity index (χ3v) is 4.04. The summed E-state index contributed by atoms with van der Waals surface area (Å²) in [6.07, 6.45) is -4.71. The van der Waals surface area contributed by atoms with Crippen LogP contribution in [-0.4, -0.2) is 38.0 Å². The summed E-state index contributed by atoms with van der Waals surface area (Å²) in [5.74, 6) is -2.26. The zero-order chi connectivity index (χ0) is 17.8. The first-order valence-electron chi connectivity index (χ1n) is 6.12. The second-order valence-electron chi connectivity index (χ2n) is 4.48. The smallest absolute Gasteiger partial charge is 0.416 e. The molecule has 11 heteroatoms. The molecule has 128 valence electrons. The van der Waals surface area contributed by atoms with Crippen molar-refractivity contribution >= 4 is 21.9 Å². The SMILES string of the molecule is C[C@H](NC(=O)CNS(=O)(=O)c1cccc(C(F)(F)F)c1)C(=O)O. The summed E-state index contributed by atoms with van der Waals surface area (Å²) in [5.41, 5.74) is -1.15. The summed E-state index contributed by atoms with van der Waals surface area (Å²) in [6.45, 7) is 0.359. The fourth-order valence-corrected chi connectivity index (χ4v) is 2.47. The molecule has 0 radical (unpaired) electrons. The lowest BCUT2D eigenvalue weighted by atomic mass is 10.2. The molecule has 0 fully saturated rings. The van der Waals surface area contributed by atoms with Crippen LogP contribution in [0, 0.1) is 0 Å². The van der Waals surface area contributed by atoms with E-state index in [1.165, 1.54) is 6.92 Å². The van der Waals surface area contributed by atoms with Gasteiger partial charge in [-0.2, -0.15) is 13.2 Å². The van der Waals surface area contributed by atoms with Gasteiger partial charge in [0.05, 0.1) is 17.0 Å². The predicted molar refractivity (Wildman–Crippen MR) is 71.9 cm³/mol. The molecule has 0 unspecified atom stereocenters. The molecule has 0 spiro atoms. The van der Waals surface area contributed by atoms with Crippen molar-refractivity contribution < 1.29 is 36.3 Å². The Morgan fingerprint density at radius 3 is 2.43 bits per heavy atom. The number of carbonyl (C=O) groups excluding carboxylic acids is 1. The maximum absolute atomic E-state index is 12.6. The average Bonchev–Trinajstić information content (AvgIpc) is 2.44. The maximum atomic E-state index is 12.6. The van der Waals surface area contributed by atoms with Gasteiger partial charge in [-0.15, -0.1) is 0 Å². The van der Waals surface area contributed by atoms with Crippen LogP contribution in [0.15, 0.2) is 29.2 Å². The average molecular weight is 354 g/mol. The number of nitrogens with one attached hydrogen (secondary N) is 2. The second kappa shape index (κ2) is 6.96. The number of amides is 1. The summed E-state index contributed by atoms with van der Waals surface area (Å²) in [6, 6.07) is 1.76. The van der Waals surface area contributed by atoms with Gasteiger partial charge in [0, 0.05) is 0 Å². The van der Waals surface area contributed by atoms with Crippen LogP contribution in [0.1, 0.15) is 12.5 Å². The van der Waals surface area contributed by atoms with Gasteiger partial charge in [0.25, 0.3) is 0 Å².